The van der Waals surface area contributed by atoms with Crippen molar-refractivity contribution >= 4 is 17.7 Å². The van der Waals surface area contributed by atoms with Crippen molar-refractivity contribution in [2.75, 3.05) is 18.8 Å². The number of carbonyl (C=O) groups is 1. The minimum absolute atomic E-state index is 0.223. The number of imidazole rings is 1. The van der Waals surface area contributed by atoms with Gasteiger partial charge in [-0.3, -0.25) is 9.36 Å². The van der Waals surface area contributed by atoms with Crippen LogP contribution in [0.3, 0.4) is 0 Å². The van der Waals surface area contributed by atoms with Crippen LogP contribution in [0.5, 0.6) is 0 Å². The van der Waals surface area contributed by atoms with Crippen LogP contribution >= 0.6 is 11.8 Å². The molecular weight excluding hydrogens is 306 g/mol. The van der Waals surface area contributed by atoms with Crippen molar-refractivity contribution in [3.05, 3.63) is 42.2 Å². The van der Waals surface area contributed by atoms with Crippen LogP contribution in [0.2, 0.25) is 0 Å². The number of nitrogens with zero attached hydrogens (tertiary/aromatic N) is 3. The van der Waals surface area contributed by atoms with E-state index in [1.54, 1.807) is 6.20 Å². The second kappa shape index (κ2) is 7.21. The topological polar surface area (TPSA) is 38.1 Å². The second-order valence-corrected chi connectivity index (χ2v) is 7.21. The van der Waals surface area contributed by atoms with Crippen LogP contribution in [0.4, 0.5) is 0 Å². The van der Waals surface area contributed by atoms with E-state index in [4.69, 9.17) is 0 Å². The summed E-state index contributed by atoms with van der Waals surface area (Å²) in [6.07, 6.45) is 5.98. The lowest BCUT2D eigenvalue weighted by atomic mass is 9.99. The molecule has 1 aromatic carbocycles. The Labute approximate surface area is 141 Å². The van der Waals surface area contributed by atoms with Crippen LogP contribution in [0.25, 0.3) is 5.69 Å². The predicted octanol–water partition coefficient (Wildman–Crippen LogP) is 3.53. The zero-order chi connectivity index (χ0) is 16.2. The molecule has 0 bridgehead atoms. The molecule has 1 aliphatic heterocycles. The normalized spacial score (nSPS) is 15.8. The fourth-order valence-corrected chi connectivity index (χ4v) is 3.72. The van der Waals surface area contributed by atoms with Crippen molar-refractivity contribution in [2.45, 2.75) is 31.8 Å². The number of likely N-dealkylation sites (tertiary alicyclic amines) is 1. The first-order chi connectivity index (χ1) is 11.1. The van der Waals surface area contributed by atoms with Crippen LogP contribution in [0, 0.1) is 12.8 Å². The molecule has 4 nitrogen and oxygen atoms in total. The van der Waals surface area contributed by atoms with Crippen LogP contribution in [-0.2, 0) is 4.79 Å². The van der Waals surface area contributed by atoms with Gasteiger partial charge in [0.05, 0.1) is 5.75 Å². The standard InChI is InChI=1S/C18H23N3OS/c1-14-6-9-20(10-7-14)17(22)13-23-18-19-8-11-21(18)16-5-3-4-15(2)12-16/h3-5,8,11-12,14H,6-7,9-10,13H2,1-2H3. The van der Waals surface area contributed by atoms with E-state index in [1.165, 1.54) is 17.3 Å². The summed E-state index contributed by atoms with van der Waals surface area (Å²) in [7, 11) is 0. The Balaban J connectivity index is 1.63. The zero-order valence-electron chi connectivity index (χ0n) is 13.7. The van der Waals surface area contributed by atoms with Gasteiger partial charge in [0.15, 0.2) is 5.16 Å². The Bertz CT molecular complexity index is 674. The SMILES string of the molecule is Cc1cccc(-n2ccnc2SCC(=O)N2CCC(C)CC2)c1. The summed E-state index contributed by atoms with van der Waals surface area (Å²) in [4.78, 5) is 18.8. The Hall–Kier alpha value is -1.75. The molecule has 3 rings (SSSR count). The maximum absolute atomic E-state index is 12.4. The average Bonchev–Trinajstić information content (AvgIpc) is 3.02. The van der Waals surface area contributed by atoms with E-state index >= 15 is 0 Å². The molecule has 0 spiro atoms. The lowest BCUT2D eigenvalue weighted by Crippen LogP contribution is -2.38. The highest BCUT2D eigenvalue weighted by molar-refractivity contribution is 7.99. The molecular formula is C18H23N3OS. The summed E-state index contributed by atoms with van der Waals surface area (Å²) in [6, 6.07) is 8.31. The van der Waals surface area contributed by atoms with Crippen molar-refractivity contribution in [2.24, 2.45) is 5.92 Å². The number of aryl methyl sites for hydroxylation is 1. The Morgan fingerprint density at radius 2 is 2.13 bits per heavy atom. The minimum atomic E-state index is 0.223. The Kier molecular flexibility index (Phi) is 5.06. The summed E-state index contributed by atoms with van der Waals surface area (Å²) < 4.78 is 2.04. The number of aromatic nitrogens is 2. The molecule has 1 amide bonds. The van der Waals surface area contributed by atoms with E-state index < -0.39 is 0 Å². The van der Waals surface area contributed by atoms with Gasteiger partial charge in [-0.05, 0) is 43.4 Å². The van der Waals surface area contributed by atoms with Gasteiger partial charge in [0.25, 0.3) is 0 Å². The average molecular weight is 329 g/mol. The number of rotatable bonds is 4. The number of hydrogen-bond acceptors (Lipinski definition) is 3. The third-order valence-corrected chi connectivity index (χ3v) is 5.30. The van der Waals surface area contributed by atoms with E-state index in [9.17, 15) is 4.79 Å². The smallest absolute Gasteiger partial charge is 0.233 e. The molecule has 0 radical (unpaired) electrons. The van der Waals surface area contributed by atoms with Gasteiger partial charge < -0.3 is 4.90 Å². The molecule has 0 saturated carbocycles. The molecule has 1 saturated heterocycles. The molecule has 23 heavy (non-hydrogen) atoms. The summed E-state index contributed by atoms with van der Waals surface area (Å²) in [5.41, 5.74) is 2.30. The number of carbonyl (C=O) groups excluding carboxylic acids is 1. The summed E-state index contributed by atoms with van der Waals surface area (Å²) >= 11 is 1.52. The highest BCUT2D eigenvalue weighted by atomic mass is 32.2. The predicted molar refractivity (Wildman–Crippen MR) is 94.0 cm³/mol. The molecule has 0 N–H and O–H groups in total. The van der Waals surface area contributed by atoms with Crippen molar-refractivity contribution in [3.63, 3.8) is 0 Å². The lowest BCUT2D eigenvalue weighted by Gasteiger charge is -2.30. The summed E-state index contributed by atoms with van der Waals surface area (Å²) in [5.74, 6) is 1.42. The van der Waals surface area contributed by atoms with Crippen molar-refractivity contribution < 1.29 is 4.79 Å². The van der Waals surface area contributed by atoms with Gasteiger partial charge in [0.1, 0.15) is 0 Å². The quantitative estimate of drug-likeness (QED) is 0.805. The zero-order valence-corrected chi connectivity index (χ0v) is 14.6. The molecule has 1 fully saturated rings. The van der Waals surface area contributed by atoms with Gasteiger partial charge in [-0.25, -0.2) is 4.98 Å². The number of hydrogen-bond donors (Lipinski definition) is 0. The van der Waals surface area contributed by atoms with Crippen LogP contribution in [0.15, 0.2) is 41.8 Å². The Morgan fingerprint density at radius 3 is 2.87 bits per heavy atom. The van der Waals surface area contributed by atoms with E-state index in [1.807, 2.05) is 21.7 Å². The van der Waals surface area contributed by atoms with Crippen LogP contribution in [0.1, 0.15) is 25.3 Å². The largest absolute Gasteiger partial charge is 0.342 e. The van der Waals surface area contributed by atoms with E-state index in [2.05, 4.69) is 37.0 Å². The summed E-state index contributed by atoms with van der Waals surface area (Å²) in [6.45, 7) is 6.13. The maximum Gasteiger partial charge on any atom is 0.233 e. The van der Waals surface area contributed by atoms with Crippen LogP contribution in [-0.4, -0.2) is 39.2 Å². The first-order valence-electron chi connectivity index (χ1n) is 8.14. The van der Waals surface area contributed by atoms with Crippen molar-refractivity contribution in [1.82, 2.24) is 14.5 Å². The van der Waals surface area contributed by atoms with Gasteiger partial charge in [-0.1, -0.05) is 30.8 Å². The monoisotopic (exact) mass is 329 g/mol. The van der Waals surface area contributed by atoms with E-state index in [0.717, 1.165) is 42.7 Å². The first kappa shape index (κ1) is 16.1. The minimum Gasteiger partial charge on any atom is -0.342 e. The lowest BCUT2D eigenvalue weighted by molar-refractivity contribution is -0.129. The number of thioether (sulfide) groups is 1. The summed E-state index contributed by atoms with van der Waals surface area (Å²) in [5, 5.41) is 0.870. The molecule has 0 unspecified atom stereocenters. The molecule has 122 valence electrons. The first-order valence-corrected chi connectivity index (χ1v) is 9.13. The van der Waals surface area contributed by atoms with Crippen molar-refractivity contribution in [1.29, 1.82) is 0 Å². The molecule has 1 aliphatic rings. The molecule has 2 aromatic rings. The van der Waals surface area contributed by atoms with Crippen LogP contribution < -0.4 is 0 Å². The fraction of sp³-hybridized carbons (Fsp3) is 0.444. The highest BCUT2D eigenvalue weighted by Gasteiger charge is 2.20. The van der Waals surface area contributed by atoms with Gasteiger partial charge in [-0.2, -0.15) is 0 Å². The maximum atomic E-state index is 12.4. The Morgan fingerprint density at radius 1 is 1.35 bits per heavy atom. The van der Waals surface area contributed by atoms with Gasteiger partial charge in [0.2, 0.25) is 5.91 Å². The van der Waals surface area contributed by atoms with Gasteiger partial charge in [0, 0.05) is 31.2 Å². The molecule has 1 aromatic heterocycles. The number of piperidine rings is 1. The number of benzene rings is 1. The van der Waals surface area contributed by atoms with E-state index in [-0.39, 0.29) is 5.91 Å². The molecule has 2 heterocycles. The second-order valence-electron chi connectivity index (χ2n) is 6.27. The molecule has 0 aliphatic carbocycles. The molecule has 0 atom stereocenters. The molecule has 5 heteroatoms. The third kappa shape index (κ3) is 3.96. The highest BCUT2D eigenvalue weighted by Crippen LogP contribution is 2.23. The van der Waals surface area contributed by atoms with Crippen molar-refractivity contribution in [3.8, 4) is 5.69 Å². The van der Waals surface area contributed by atoms with Gasteiger partial charge >= 0.3 is 0 Å². The van der Waals surface area contributed by atoms with Gasteiger partial charge in [-0.15, -0.1) is 0 Å². The fourth-order valence-electron chi connectivity index (χ4n) is 2.85. The van der Waals surface area contributed by atoms with E-state index in [0.29, 0.717) is 5.75 Å². The third-order valence-electron chi connectivity index (χ3n) is 4.35. The number of amides is 1.